The molecule has 1 saturated heterocycles. The number of carbonyl (C=O) groups excluding carboxylic acids is 3. The SMILES string of the molecule is O=C(OCC(=O)N1CCNC1=O)c1cc([N+](=O)[O-])ccc1Cl. The first-order chi connectivity index (χ1) is 10.4. The molecule has 0 atom stereocenters. The highest BCUT2D eigenvalue weighted by molar-refractivity contribution is 6.33. The maximum absolute atomic E-state index is 11.8. The molecule has 1 aromatic rings. The zero-order valence-corrected chi connectivity index (χ0v) is 11.8. The number of benzene rings is 1. The molecule has 0 spiro atoms. The van der Waals surface area contributed by atoms with E-state index in [2.05, 4.69) is 5.32 Å². The number of ether oxygens (including phenoxy) is 1. The Morgan fingerprint density at radius 1 is 1.45 bits per heavy atom. The summed E-state index contributed by atoms with van der Waals surface area (Å²) >= 11 is 5.78. The number of carbonyl (C=O) groups is 3. The molecule has 0 bridgehead atoms. The smallest absolute Gasteiger partial charge is 0.340 e. The number of non-ortho nitro benzene ring substituents is 1. The van der Waals surface area contributed by atoms with E-state index in [1.54, 1.807) is 0 Å². The summed E-state index contributed by atoms with van der Waals surface area (Å²) in [6.07, 6.45) is 0. The van der Waals surface area contributed by atoms with Crippen LogP contribution >= 0.6 is 11.6 Å². The molecular formula is C12H10ClN3O6. The number of rotatable bonds is 4. The highest BCUT2D eigenvalue weighted by Crippen LogP contribution is 2.22. The number of imide groups is 1. The summed E-state index contributed by atoms with van der Waals surface area (Å²) < 4.78 is 4.75. The minimum atomic E-state index is -0.985. The molecule has 0 aliphatic carbocycles. The van der Waals surface area contributed by atoms with Crippen LogP contribution < -0.4 is 5.32 Å². The summed E-state index contributed by atoms with van der Waals surface area (Å²) in [5, 5.41) is 13.1. The molecule has 9 nitrogen and oxygen atoms in total. The number of amides is 3. The molecule has 0 radical (unpaired) electrons. The van der Waals surface area contributed by atoms with Crippen molar-refractivity contribution in [3.63, 3.8) is 0 Å². The first-order valence-corrected chi connectivity index (χ1v) is 6.47. The second kappa shape index (κ2) is 6.39. The monoisotopic (exact) mass is 327 g/mol. The number of hydrogen-bond acceptors (Lipinski definition) is 6. The molecule has 0 unspecified atom stereocenters. The van der Waals surface area contributed by atoms with Gasteiger partial charge >= 0.3 is 12.0 Å². The number of hydrogen-bond donors (Lipinski definition) is 1. The van der Waals surface area contributed by atoms with Crippen LogP contribution in [0, 0.1) is 10.1 Å². The van der Waals surface area contributed by atoms with Crippen LogP contribution in [0.4, 0.5) is 10.5 Å². The van der Waals surface area contributed by atoms with Gasteiger partial charge in [0.1, 0.15) is 0 Å². The number of nitrogens with one attached hydrogen (secondary N) is 1. The van der Waals surface area contributed by atoms with Crippen LogP contribution in [-0.4, -0.2) is 47.4 Å². The predicted octanol–water partition coefficient (Wildman–Crippen LogP) is 0.957. The van der Waals surface area contributed by atoms with Crippen LogP contribution in [0.3, 0.4) is 0 Å². The minimum Gasteiger partial charge on any atom is -0.452 e. The maximum Gasteiger partial charge on any atom is 0.340 e. The van der Waals surface area contributed by atoms with Gasteiger partial charge in [0.2, 0.25) is 0 Å². The van der Waals surface area contributed by atoms with E-state index in [-0.39, 0.29) is 22.8 Å². The van der Waals surface area contributed by atoms with Gasteiger partial charge in [-0.25, -0.2) is 9.59 Å². The van der Waals surface area contributed by atoms with Crippen molar-refractivity contribution < 1.29 is 24.0 Å². The quantitative estimate of drug-likeness (QED) is 0.499. The van der Waals surface area contributed by atoms with Crippen molar-refractivity contribution in [1.29, 1.82) is 0 Å². The largest absolute Gasteiger partial charge is 0.452 e. The molecule has 0 saturated carbocycles. The van der Waals surface area contributed by atoms with Gasteiger partial charge in [-0.2, -0.15) is 0 Å². The van der Waals surface area contributed by atoms with Crippen LogP contribution in [0.15, 0.2) is 18.2 Å². The van der Waals surface area contributed by atoms with Crippen molar-refractivity contribution in [1.82, 2.24) is 10.2 Å². The van der Waals surface area contributed by atoms with E-state index in [9.17, 15) is 24.5 Å². The van der Waals surface area contributed by atoms with Gasteiger partial charge in [0.25, 0.3) is 11.6 Å². The van der Waals surface area contributed by atoms with Crippen LogP contribution in [-0.2, 0) is 9.53 Å². The predicted molar refractivity (Wildman–Crippen MR) is 73.5 cm³/mol. The van der Waals surface area contributed by atoms with Crippen molar-refractivity contribution in [2.75, 3.05) is 19.7 Å². The van der Waals surface area contributed by atoms with Crippen LogP contribution in [0.25, 0.3) is 0 Å². The Morgan fingerprint density at radius 3 is 2.77 bits per heavy atom. The molecule has 1 heterocycles. The third-order valence-corrected chi connectivity index (χ3v) is 3.19. The normalized spacial score (nSPS) is 13.7. The van der Waals surface area contributed by atoms with Crippen molar-refractivity contribution in [2.45, 2.75) is 0 Å². The fraction of sp³-hybridized carbons (Fsp3) is 0.250. The van der Waals surface area contributed by atoms with Gasteiger partial charge in [-0.05, 0) is 6.07 Å². The second-order valence-electron chi connectivity index (χ2n) is 4.27. The fourth-order valence-electron chi connectivity index (χ4n) is 1.78. The molecule has 1 fully saturated rings. The average Bonchev–Trinajstić information content (AvgIpc) is 2.90. The van der Waals surface area contributed by atoms with Crippen molar-refractivity contribution in [2.24, 2.45) is 0 Å². The first-order valence-electron chi connectivity index (χ1n) is 6.09. The molecule has 0 aromatic heterocycles. The summed E-state index contributed by atoms with van der Waals surface area (Å²) in [7, 11) is 0. The van der Waals surface area contributed by atoms with Gasteiger partial charge in [0, 0.05) is 25.2 Å². The highest BCUT2D eigenvalue weighted by Gasteiger charge is 2.27. The minimum absolute atomic E-state index is 0.0398. The summed E-state index contributed by atoms with van der Waals surface area (Å²) in [6.45, 7) is -0.146. The number of nitro benzene ring substituents is 1. The molecule has 2 rings (SSSR count). The summed E-state index contributed by atoms with van der Waals surface area (Å²) in [6, 6.07) is 2.72. The van der Waals surface area contributed by atoms with Gasteiger partial charge in [0.05, 0.1) is 15.5 Å². The average molecular weight is 328 g/mol. The van der Waals surface area contributed by atoms with E-state index in [1.165, 1.54) is 6.07 Å². The lowest BCUT2D eigenvalue weighted by Gasteiger charge is -2.12. The lowest BCUT2D eigenvalue weighted by molar-refractivity contribution is -0.384. The number of urea groups is 1. The summed E-state index contributed by atoms with van der Waals surface area (Å²) in [5.41, 5.74) is -0.559. The van der Waals surface area contributed by atoms with E-state index in [1.807, 2.05) is 0 Å². The van der Waals surface area contributed by atoms with Crippen LogP contribution in [0.1, 0.15) is 10.4 Å². The molecule has 10 heteroatoms. The standard InChI is InChI=1S/C12H10ClN3O6/c13-9-2-1-7(16(20)21)5-8(9)11(18)22-6-10(17)15-4-3-14-12(15)19/h1-2,5H,3-4,6H2,(H,14,19). The highest BCUT2D eigenvalue weighted by atomic mass is 35.5. The number of nitrogens with zero attached hydrogens (tertiary/aromatic N) is 2. The Balaban J connectivity index is 2.03. The summed E-state index contributed by atoms with van der Waals surface area (Å²) in [4.78, 5) is 45.7. The van der Waals surface area contributed by atoms with E-state index in [0.717, 1.165) is 17.0 Å². The zero-order chi connectivity index (χ0) is 16.3. The molecule has 1 aliphatic heterocycles. The first kappa shape index (κ1) is 15.7. The number of esters is 1. The molecule has 1 aliphatic rings. The topological polar surface area (TPSA) is 119 Å². The third kappa shape index (κ3) is 3.31. The number of nitro groups is 1. The zero-order valence-electron chi connectivity index (χ0n) is 11.1. The van der Waals surface area contributed by atoms with Gasteiger partial charge in [-0.3, -0.25) is 19.8 Å². The Labute approximate surface area is 128 Å². The Hall–Kier alpha value is -2.68. The van der Waals surface area contributed by atoms with Crippen LogP contribution in [0.2, 0.25) is 5.02 Å². The molecule has 1 N–H and O–H groups in total. The Morgan fingerprint density at radius 2 is 2.18 bits per heavy atom. The van der Waals surface area contributed by atoms with Crippen molar-refractivity contribution in [3.8, 4) is 0 Å². The lowest BCUT2D eigenvalue weighted by atomic mass is 10.2. The molecule has 3 amide bonds. The number of halogens is 1. The maximum atomic E-state index is 11.8. The van der Waals surface area contributed by atoms with E-state index in [4.69, 9.17) is 16.3 Å². The Bertz CT molecular complexity index is 662. The second-order valence-corrected chi connectivity index (χ2v) is 4.68. The van der Waals surface area contributed by atoms with Gasteiger partial charge in [-0.15, -0.1) is 0 Å². The molecule has 116 valence electrons. The molecule has 1 aromatic carbocycles. The van der Waals surface area contributed by atoms with Crippen LogP contribution in [0.5, 0.6) is 0 Å². The Kier molecular flexibility index (Phi) is 4.56. The summed E-state index contributed by atoms with van der Waals surface area (Å²) in [5.74, 6) is -1.67. The third-order valence-electron chi connectivity index (χ3n) is 2.87. The fourth-order valence-corrected chi connectivity index (χ4v) is 1.97. The van der Waals surface area contributed by atoms with E-state index >= 15 is 0 Å². The molecular weight excluding hydrogens is 318 g/mol. The van der Waals surface area contributed by atoms with Gasteiger partial charge < -0.3 is 10.1 Å². The van der Waals surface area contributed by atoms with Gasteiger partial charge in [-0.1, -0.05) is 11.6 Å². The van der Waals surface area contributed by atoms with E-state index in [0.29, 0.717) is 6.54 Å². The van der Waals surface area contributed by atoms with Crippen molar-refractivity contribution in [3.05, 3.63) is 38.9 Å². The lowest BCUT2D eigenvalue weighted by Crippen LogP contribution is -2.37. The van der Waals surface area contributed by atoms with E-state index < -0.39 is 29.4 Å². The van der Waals surface area contributed by atoms with Crippen molar-refractivity contribution >= 4 is 35.2 Å². The molecule has 22 heavy (non-hydrogen) atoms. The van der Waals surface area contributed by atoms with Gasteiger partial charge in [0.15, 0.2) is 6.61 Å².